The lowest BCUT2D eigenvalue weighted by Crippen LogP contribution is -2.51. The molecule has 1 saturated heterocycles. The molecule has 1 aliphatic heterocycles. The van der Waals surface area contributed by atoms with E-state index in [9.17, 15) is 9.59 Å². The molecule has 0 aromatic rings. The standard InChI is InChI=1S/C16H28N2O3/c1-2-6-13(14(19)20)17-15(21)18-11-9-16(10-12-18)7-4-3-5-8-16/h13H,2-12H2,1H3,(H,17,21)(H,19,20)/t13-/m0/s1. The number of amides is 2. The number of urea groups is 1. The fourth-order valence-electron chi connectivity index (χ4n) is 3.77. The molecule has 5 heteroatoms. The van der Waals surface area contributed by atoms with Crippen LogP contribution in [-0.4, -0.2) is 41.1 Å². The van der Waals surface area contributed by atoms with Gasteiger partial charge in [0.1, 0.15) is 6.04 Å². The zero-order valence-corrected chi connectivity index (χ0v) is 13.1. The quantitative estimate of drug-likeness (QED) is 0.838. The maximum absolute atomic E-state index is 12.2. The van der Waals surface area contributed by atoms with E-state index in [-0.39, 0.29) is 6.03 Å². The van der Waals surface area contributed by atoms with E-state index in [0.29, 0.717) is 11.8 Å². The monoisotopic (exact) mass is 296 g/mol. The average Bonchev–Trinajstić information content (AvgIpc) is 2.48. The number of carbonyl (C=O) groups excluding carboxylic acids is 1. The Labute approximate surface area is 127 Å². The van der Waals surface area contributed by atoms with Crippen LogP contribution >= 0.6 is 0 Å². The Balaban J connectivity index is 1.83. The Morgan fingerprint density at radius 2 is 1.76 bits per heavy atom. The SMILES string of the molecule is CCC[C@H](NC(=O)N1CCC2(CCCCC2)CC1)C(=O)O. The number of carboxylic acid groups (broad SMARTS) is 1. The van der Waals surface area contributed by atoms with Crippen LogP contribution in [-0.2, 0) is 4.79 Å². The van der Waals surface area contributed by atoms with Gasteiger partial charge in [0.2, 0.25) is 0 Å². The fourth-order valence-corrected chi connectivity index (χ4v) is 3.77. The molecule has 0 bridgehead atoms. The lowest BCUT2D eigenvalue weighted by molar-refractivity contribution is -0.139. The van der Waals surface area contributed by atoms with Crippen LogP contribution in [0.5, 0.6) is 0 Å². The highest BCUT2D eigenvalue weighted by atomic mass is 16.4. The molecule has 0 unspecified atom stereocenters. The highest BCUT2D eigenvalue weighted by Gasteiger charge is 2.37. The number of likely N-dealkylation sites (tertiary alicyclic amines) is 1. The highest BCUT2D eigenvalue weighted by Crippen LogP contribution is 2.44. The summed E-state index contributed by atoms with van der Waals surface area (Å²) in [6.45, 7) is 3.46. The molecule has 21 heavy (non-hydrogen) atoms. The summed E-state index contributed by atoms with van der Waals surface area (Å²) in [6.07, 6.45) is 9.99. The Kier molecular flexibility index (Phi) is 5.48. The van der Waals surface area contributed by atoms with Crippen molar-refractivity contribution in [2.75, 3.05) is 13.1 Å². The lowest BCUT2D eigenvalue weighted by atomic mass is 9.68. The predicted molar refractivity (Wildman–Crippen MR) is 81.2 cm³/mol. The van der Waals surface area contributed by atoms with Crippen LogP contribution in [0, 0.1) is 5.41 Å². The van der Waals surface area contributed by atoms with E-state index in [1.165, 1.54) is 32.1 Å². The lowest BCUT2D eigenvalue weighted by Gasteiger charge is -2.44. The third-order valence-corrected chi connectivity index (χ3v) is 5.20. The molecule has 1 heterocycles. The van der Waals surface area contributed by atoms with Gasteiger partial charge in [0.05, 0.1) is 0 Å². The van der Waals surface area contributed by atoms with Gasteiger partial charge in [-0.15, -0.1) is 0 Å². The first-order valence-corrected chi connectivity index (χ1v) is 8.34. The molecular formula is C16H28N2O3. The van der Waals surface area contributed by atoms with Crippen molar-refractivity contribution in [3.05, 3.63) is 0 Å². The van der Waals surface area contributed by atoms with Crippen LogP contribution in [0.15, 0.2) is 0 Å². The minimum atomic E-state index is -0.939. The van der Waals surface area contributed by atoms with E-state index < -0.39 is 12.0 Å². The molecule has 0 aromatic heterocycles. The summed E-state index contributed by atoms with van der Waals surface area (Å²) in [5, 5.41) is 11.8. The number of nitrogens with zero attached hydrogens (tertiary/aromatic N) is 1. The number of carboxylic acids is 1. The molecule has 2 aliphatic rings. The van der Waals surface area contributed by atoms with Crippen LogP contribution in [0.25, 0.3) is 0 Å². The molecule has 0 radical (unpaired) electrons. The molecule has 1 saturated carbocycles. The summed E-state index contributed by atoms with van der Waals surface area (Å²) in [5.74, 6) is -0.939. The minimum Gasteiger partial charge on any atom is -0.480 e. The van der Waals surface area contributed by atoms with Crippen molar-refractivity contribution in [2.45, 2.75) is 70.8 Å². The van der Waals surface area contributed by atoms with E-state index >= 15 is 0 Å². The molecule has 1 atom stereocenters. The van der Waals surface area contributed by atoms with Crippen molar-refractivity contribution >= 4 is 12.0 Å². The first-order valence-electron chi connectivity index (χ1n) is 8.34. The summed E-state index contributed by atoms with van der Waals surface area (Å²) in [6, 6.07) is -0.963. The Morgan fingerprint density at radius 1 is 1.14 bits per heavy atom. The van der Waals surface area contributed by atoms with Gasteiger partial charge in [-0.1, -0.05) is 32.6 Å². The van der Waals surface area contributed by atoms with Crippen LogP contribution < -0.4 is 5.32 Å². The van der Waals surface area contributed by atoms with Gasteiger partial charge in [-0.05, 0) is 37.5 Å². The van der Waals surface area contributed by atoms with Crippen LogP contribution in [0.3, 0.4) is 0 Å². The summed E-state index contributed by atoms with van der Waals surface area (Å²) in [4.78, 5) is 25.1. The first-order chi connectivity index (χ1) is 10.1. The number of aliphatic carboxylic acids is 1. The third-order valence-electron chi connectivity index (χ3n) is 5.20. The smallest absolute Gasteiger partial charge is 0.326 e. The van der Waals surface area contributed by atoms with Crippen LogP contribution in [0.1, 0.15) is 64.7 Å². The molecule has 2 amide bonds. The molecule has 2 fully saturated rings. The van der Waals surface area contributed by atoms with Crippen molar-refractivity contribution in [1.82, 2.24) is 10.2 Å². The number of carbonyl (C=O) groups is 2. The number of hydrogen-bond acceptors (Lipinski definition) is 2. The molecule has 2 N–H and O–H groups in total. The van der Waals surface area contributed by atoms with Gasteiger partial charge in [0, 0.05) is 13.1 Å². The second-order valence-electron chi connectivity index (χ2n) is 6.68. The minimum absolute atomic E-state index is 0.207. The van der Waals surface area contributed by atoms with Gasteiger partial charge in [-0.2, -0.15) is 0 Å². The van der Waals surface area contributed by atoms with Gasteiger partial charge in [-0.25, -0.2) is 9.59 Å². The largest absolute Gasteiger partial charge is 0.480 e. The number of hydrogen-bond donors (Lipinski definition) is 2. The van der Waals surface area contributed by atoms with E-state index in [2.05, 4.69) is 5.32 Å². The number of rotatable bonds is 4. The maximum atomic E-state index is 12.2. The Morgan fingerprint density at radius 3 is 2.29 bits per heavy atom. The molecule has 1 spiro atoms. The zero-order chi connectivity index (χ0) is 15.3. The van der Waals surface area contributed by atoms with Gasteiger partial charge < -0.3 is 15.3 Å². The maximum Gasteiger partial charge on any atom is 0.326 e. The van der Waals surface area contributed by atoms with Gasteiger partial charge in [0.25, 0.3) is 0 Å². The highest BCUT2D eigenvalue weighted by molar-refractivity contribution is 5.82. The Hall–Kier alpha value is -1.26. The first kappa shape index (κ1) is 16.1. The van der Waals surface area contributed by atoms with Gasteiger partial charge in [0.15, 0.2) is 0 Å². The summed E-state index contributed by atoms with van der Waals surface area (Å²) < 4.78 is 0. The van der Waals surface area contributed by atoms with Crippen LogP contribution in [0.4, 0.5) is 4.79 Å². The fraction of sp³-hybridized carbons (Fsp3) is 0.875. The van der Waals surface area contributed by atoms with E-state index in [1.54, 1.807) is 4.90 Å². The molecule has 0 aromatic carbocycles. The zero-order valence-electron chi connectivity index (χ0n) is 13.1. The molecule has 1 aliphatic carbocycles. The van der Waals surface area contributed by atoms with Gasteiger partial charge >= 0.3 is 12.0 Å². The number of piperidine rings is 1. The second-order valence-corrected chi connectivity index (χ2v) is 6.68. The van der Waals surface area contributed by atoms with E-state index in [1.807, 2.05) is 6.92 Å². The van der Waals surface area contributed by atoms with Crippen molar-refractivity contribution in [2.24, 2.45) is 5.41 Å². The van der Waals surface area contributed by atoms with Gasteiger partial charge in [-0.3, -0.25) is 0 Å². The molecule has 5 nitrogen and oxygen atoms in total. The Bertz CT molecular complexity index is 368. The average molecular weight is 296 g/mol. The summed E-state index contributed by atoms with van der Waals surface area (Å²) >= 11 is 0. The molecular weight excluding hydrogens is 268 g/mol. The van der Waals surface area contributed by atoms with Crippen molar-refractivity contribution in [3.63, 3.8) is 0 Å². The summed E-state index contributed by atoms with van der Waals surface area (Å²) in [7, 11) is 0. The second kappa shape index (κ2) is 7.14. The van der Waals surface area contributed by atoms with E-state index in [0.717, 1.165) is 32.4 Å². The third kappa shape index (κ3) is 4.11. The van der Waals surface area contributed by atoms with Crippen LogP contribution in [0.2, 0.25) is 0 Å². The molecule has 120 valence electrons. The predicted octanol–water partition coefficient (Wildman–Crippen LogP) is 3.00. The van der Waals surface area contributed by atoms with E-state index in [4.69, 9.17) is 5.11 Å². The summed E-state index contributed by atoms with van der Waals surface area (Å²) in [5.41, 5.74) is 0.463. The van der Waals surface area contributed by atoms with Crippen molar-refractivity contribution < 1.29 is 14.7 Å². The molecule has 2 rings (SSSR count). The topological polar surface area (TPSA) is 69.6 Å². The normalized spacial score (nSPS) is 22.8. The number of nitrogens with one attached hydrogen (secondary N) is 1. The van der Waals surface area contributed by atoms with Crippen molar-refractivity contribution in [1.29, 1.82) is 0 Å². The van der Waals surface area contributed by atoms with Crippen molar-refractivity contribution in [3.8, 4) is 0 Å².